The molecule has 0 fully saturated rings. The zero-order valence-electron chi connectivity index (χ0n) is 20.3. The zero-order chi connectivity index (χ0) is 26.1. The molecule has 5 aromatic rings. The van der Waals surface area contributed by atoms with E-state index in [2.05, 4.69) is 8.75 Å². The first-order valence-corrected chi connectivity index (χ1v) is 12.6. The molecule has 1 unspecified atom stereocenters. The molecule has 1 N–H and O–H groups in total. The molecule has 1 aliphatic rings. The molecule has 1 atom stereocenters. The molecule has 7 nitrogen and oxygen atoms in total. The Hall–Kier alpha value is -4.53. The van der Waals surface area contributed by atoms with Crippen molar-refractivity contribution in [1.29, 1.82) is 0 Å². The van der Waals surface area contributed by atoms with Gasteiger partial charge in [0.25, 0.3) is 5.79 Å². The number of hydrogen-bond donors (Lipinski definition) is 1. The number of cyclic esters (lactones) is 1. The zero-order valence-corrected chi connectivity index (χ0v) is 21.1. The SMILES string of the molecule is COc1ccc(C2(O)OC(=O)C(c3ccc4nsnc4c3)=C2Cc2ccc(Oc3ccccc3)cc2)cc1. The van der Waals surface area contributed by atoms with Gasteiger partial charge in [-0.25, -0.2) is 4.79 Å². The number of rotatable bonds is 7. The third-order valence-corrected chi connectivity index (χ3v) is 7.02. The molecule has 0 amide bonds. The Labute approximate surface area is 222 Å². The van der Waals surface area contributed by atoms with E-state index in [9.17, 15) is 9.90 Å². The number of fused-ring (bicyclic) bond motifs is 1. The highest BCUT2D eigenvalue weighted by Crippen LogP contribution is 2.45. The Morgan fingerprint density at radius 2 is 1.53 bits per heavy atom. The summed E-state index contributed by atoms with van der Waals surface area (Å²) >= 11 is 1.10. The van der Waals surface area contributed by atoms with E-state index < -0.39 is 11.8 Å². The predicted octanol–water partition coefficient (Wildman–Crippen LogP) is 5.89. The molecule has 6 rings (SSSR count). The standard InChI is InChI=1S/C30H22N2O5S/c1-35-22-14-10-21(11-15-22)30(34)25(17-19-7-12-24(13-8-19)36-23-5-3-2-4-6-23)28(29(33)37-30)20-9-16-26-27(18-20)32-38-31-26/h2-16,18,34H,17H2,1H3. The lowest BCUT2D eigenvalue weighted by Crippen LogP contribution is -2.29. The van der Waals surface area contributed by atoms with Crippen LogP contribution in [-0.2, 0) is 21.7 Å². The number of aromatic nitrogens is 2. The van der Waals surface area contributed by atoms with Crippen molar-refractivity contribution in [1.82, 2.24) is 8.75 Å². The van der Waals surface area contributed by atoms with Crippen LogP contribution in [0.2, 0.25) is 0 Å². The van der Waals surface area contributed by atoms with E-state index in [-0.39, 0.29) is 6.42 Å². The van der Waals surface area contributed by atoms with Crippen LogP contribution in [0.5, 0.6) is 17.2 Å². The minimum Gasteiger partial charge on any atom is -0.497 e. The van der Waals surface area contributed by atoms with Crippen molar-refractivity contribution in [3.8, 4) is 17.2 Å². The molecule has 0 aliphatic carbocycles. The van der Waals surface area contributed by atoms with Gasteiger partial charge in [-0.3, -0.25) is 0 Å². The highest BCUT2D eigenvalue weighted by molar-refractivity contribution is 7.00. The van der Waals surface area contributed by atoms with E-state index in [1.807, 2.05) is 60.7 Å². The van der Waals surface area contributed by atoms with Crippen LogP contribution in [0.3, 0.4) is 0 Å². The topological polar surface area (TPSA) is 90.8 Å². The number of carbonyl (C=O) groups is 1. The molecule has 0 radical (unpaired) electrons. The number of methoxy groups -OCH3 is 1. The number of benzene rings is 4. The second-order valence-corrected chi connectivity index (χ2v) is 9.35. The quantitative estimate of drug-likeness (QED) is 0.267. The first-order valence-electron chi connectivity index (χ1n) is 11.9. The summed E-state index contributed by atoms with van der Waals surface area (Å²) in [5.41, 5.74) is 4.08. The van der Waals surface area contributed by atoms with E-state index in [1.54, 1.807) is 43.5 Å². The summed E-state index contributed by atoms with van der Waals surface area (Å²) in [6, 6.07) is 29.3. The predicted molar refractivity (Wildman–Crippen MR) is 144 cm³/mol. The fraction of sp³-hybridized carbons (Fsp3) is 0.100. The Balaban J connectivity index is 1.41. The van der Waals surface area contributed by atoms with Crippen molar-refractivity contribution in [3.63, 3.8) is 0 Å². The summed E-state index contributed by atoms with van der Waals surface area (Å²) in [7, 11) is 1.57. The lowest BCUT2D eigenvalue weighted by Gasteiger charge is -2.26. The van der Waals surface area contributed by atoms with E-state index in [0.717, 1.165) is 28.6 Å². The van der Waals surface area contributed by atoms with Gasteiger partial charge in [0, 0.05) is 17.6 Å². The van der Waals surface area contributed by atoms with Crippen molar-refractivity contribution in [2.45, 2.75) is 12.2 Å². The average Bonchev–Trinajstić information content (AvgIpc) is 3.52. The molecule has 1 aromatic heterocycles. The first-order chi connectivity index (χ1) is 18.5. The largest absolute Gasteiger partial charge is 0.497 e. The number of carbonyl (C=O) groups excluding carboxylic acids is 1. The number of esters is 1. The van der Waals surface area contributed by atoms with E-state index >= 15 is 0 Å². The van der Waals surface area contributed by atoms with E-state index in [4.69, 9.17) is 14.2 Å². The Morgan fingerprint density at radius 1 is 0.842 bits per heavy atom. The van der Waals surface area contributed by atoms with Gasteiger partial charge in [-0.1, -0.05) is 36.4 Å². The van der Waals surface area contributed by atoms with Gasteiger partial charge in [-0.2, -0.15) is 8.75 Å². The Bertz CT molecular complexity index is 1650. The van der Waals surface area contributed by atoms with Crippen LogP contribution >= 0.6 is 11.7 Å². The van der Waals surface area contributed by atoms with Crippen LogP contribution < -0.4 is 9.47 Å². The van der Waals surface area contributed by atoms with Crippen molar-refractivity contribution >= 4 is 34.3 Å². The second-order valence-electron chi connectivity index (χ2n) is 8.82. The smallest absolute Gasteiger partial charge is 0.342 e. The fourth-order valence-electron chi connectivity index (χ4n) is 4.53. The molecule has 188 valence electrons. The first kappa shape index (κ1) is 23.8. The van der Waals surface area contributed by atoms with Crippen molar-refractivity contribution in [2.75, 3.05) is 7.11 Å². The van der Waals surface area contributed by atoms with Gasteiger partial charge >= 0.3 is 5.97 Å². The van der Waals surface area contributed by atoms with E-state index in [1.165, 1.54) is 0 Å². The number of hydrogen-bond acceptors (Lipinski definition) is 8. The number of aliphatic hydroxyl groups is 1. The third kappa shape index (κ3) is 4.40. The van der Waals surface area contributed by atoms with Crippen molar-refractivity contribution < 1.29 is 24.1 Å². The van der Waals surface area contributed by atoms with Crippen LogP contribution in [0.4, 0.5) is 0 Å². The molecule has 8 heteroatoms. The van der Waals surface area contributed by atoms with Crippen LogP contribution in [0, 0.1) is 0 Å². The fourth-order valence-corrected chi connectivity index (χ4v) is 5.05. The lowest BCUT2D eigenvalue weighted by atomic mass is 9.88. The van der Waals surface area contributed by atoms with Gasteiger partial charge in [0.15, 0.2) is 0 Å². The minimum absolute atomic E-state index is 0.266. The normalized spacial score (nSPS) is 17.1. The summed E-state index contributed by atoms with van der Waals surface area (Å²) in [5, 5.41) is 11.9. The van der Waals surface area contributed by atoms with Crippen LogP contribution in [0.15, 0.2) is 103 Å². The molecule has 0 saturated carbocycles. The number of para-hydroxylation sites is 1. The van der Waals surface area contributed by atoms with Crippen LogP contribution in [-0.4, -0.2) is 26.9 Å². The maximum absolute atomic E-state index is 13.3. The molecule has 0 saturated heterocycles. The van der Waals surface area contributed by atoms with Gasteiger partial charge in [0.1, 0.15) is 28.3 Å². The maximum atomic E-state index is 13.3. The number of ether oxygens (including phenoxy) is 3. The van der Waals surface area contributed by atoms with Crippen molar-refractivity contribution in [2.24, 2.45) is 0 Å². The summed E-state index contributed by atoms with van der Waals surface area (Å²) in [6.45, 7) is 0. The number of nitrogens with zero attached hydrogens (tertiary/aromatic N) is 2. The molecule has 1 aliphatic heterocycles. The van der Waals surface area contributed by atoms with Crippen LogP contribution in [0.1, 0.15) is 16.7 Å². The summed E-state index contributed by atoms with van der Waals surface area (Å²) in [5.74, 6) is -0.513. The van der Waals surface area contributed by atoms with Crippen molar-refractivity contribution in [3.05, 3.63) is 119 Å². The maximum Gasteiger partial charge on any atom is 0.342 e. The molecular formula is C30H22N2O5S. The molecule has 0 bridgehead atoms. The van der Waals surface area contributed by atoms with Gasteiger partial charge in [0.05, 0.1) is 24.4 Å². The van der Waals surface area contributed by atoms with Gasteiger partial charge in [0.2, 0.25) is 0 Å². The van der Waals surface area contributed by atoms with Gasteiger partial charge in [-0.15, -0.1) is 0 Å². The molecule has 38 heavy (non-hydrogen) atoms. The molecule has 0 spiro atoms. The molecular weight excluding hydrogens is 500 g/mol. The average molecular weight is 523 g/mol. The highest BCUT2D eigenvalue weighted by Gasteiger charge is 2.48. The minimum atomic E-state index is -1.95. The Morgan fingerprint density at radius 3 is 2.26 bits per heavy atom. The summed E-state index contributed by atoms with van der Waals surface area (Å²) < 4.78 is 25.4. The molecule has 2 heterocycles. The van der Waals surface area contributed by atoms with Gasteiger partial charge < -0.3 is 19.3 Å². The monoisotopic (exact) mass is 522 g/mol. The summed E-state index contributed by atoms with van der Waals surface area (Å²) in [6.07, 6.45) is 0.266. The van der Waals surface area contributed by atoms with E-state index in [0.29, 0.717) is 39.3 Å². The Kier molecular flexibility index (Phi) is 6.11. The molecule has 4 aromatic carbocycles. The highest BCUT2D eigenvalue weighted by atomic mass is 32.1. The lowest BCUT2D eigenvalue weighted by molar-refractivity contribution is -0.185. The van der Waals surface area contributed by atoms with Gasteiger partial charge in [-0.05, 0) is 71.8 Å². The summed E-state index contributed by atoms with van der Waals surface area (Å²) in [4.78, 5) is 13.3. The third-order valence-electron chi connectivity index (χ3n) is 6.46. The van der Waals surface area contributed by atoms with Crippen LogP contribution in [0.25, 0.3) is 16.6 Å². The second kappa shape index (κ2) is 9.74.